The lowest BCUT2D eigenvalue weighted by Gasteiger charge is -2.74. The maximum absolute atomic E-state index is 14.1. The molecule has 4 heterocycles. The zero-order valence-corrected chi connectivity index (χ0v) is 35.2. The first-order valence-electron chi connectivity index (χ1n) is 21.0. The van der Waals surface area contributed by atoms with Crippen LogP contribution in [0.2, 0.25) is 0 Å². The van der Waals surface area contributed by atoms with Crippen LogP contribution in [0.4, 0.5) is 0 Å². The Balaban J connectivity index is 1.18. The van der Waals surface area contributed by atoms with E-state index in [1.165, 1.54) is 22.2 Å². The third-order valence-electron chi connectivity index (χ3n) is 17.3. The number of benzene rings is 1. The second-order valence-corrected chi connectivity index (χ2v) is 21.2. The monoisotopic (exact) mass is 745 g/mol. The molecule has 8 heteroatoms. The van der Waals surface area contributed by atoms with E-state index in [-0.39, 0.29) is 41.0 Å². The number of rotatable bonds is 3. The van der Waals surface area contributed by atoms with Crippen molar-refractivity contribution in [1.82, 2.24) is 4.98 Å². The second-order valence-electron chi connectivity index (χ2n) is 21.2. The summed E-state index contributed by atoms with van der Waals surface area (Å²) in [5, 5.41) is 27.5. The number of aliphatic hydroxyl groups is 2. The van der Waals surface area contributed by atoms with Crippen LogP contribution in [0.1, 0.15) is 137 Å². The number of fused-ring (bicyclic) bond motifs is 13. The first-order chi connectivity index (χ1) is 25.1. The predicted molar refractivity (Wildman–Crippen MR) is 209 cm³/mol. The molecular formula is C46H67NO7. The average molecular weight is 746 g/mol. The fourth-order valence-electron chi connectivity index (χ4n) is 15.1. The van der Waals surface area contributed by atoms with Crippen LogP contribution < -0.4 is 0 Å². The van der Waals surface area contributed by atoms with E-state index in [1.54, 1.807) is 0 Å². The molecule has 8 nitrogen and oxygen atoms in total. The summed E-state index contributed by atoms with van der Waals surface area (Å²) < 4.78 is 34.0. The predicted octanol–water partition coefficient (Wildman–Crippen LogP) is 8.24. The molecule has 3 N–H and O–H groups in total. The van der Waals surface area contributed by atoms with E-state index >= 15 is 0 Å². The summed E-state index contributed by atoms with van der Waals surface area (Å²) in [4.78, 5) is 4.04. The molecular weight excluding hydrogens is 679 g/mol. The molecule has 0 amide bonds. The van der Waals surface area contributed by atoms with Gasteiger partial charge in [0.25, 0.3) is 0 Å². The Kier molecular flexibility index (Phi) is 8.01. The van der Waals surface area contributed by atoms with Gasteiger partial charge in [0.05, 0.1) is 46.1 Å². The molecule has 4 aliphatic carbocycles. The SMILES string of the molecule is CO[C@@H]1[C@@H]2O[C@H](C=C(C)C)OC(C)(C)[C@H]2OC2CC[C@@]3(C)[C@@](O)(CCC4Cc5c([nH]c6ccc7c(c56)CC5C([C@H]7O)C(C)(C)OC5(C)C)[C@@]43C)[C@]21C(C)C. The molecule has 0 spiro atoms. The summed E-state index contributed by atoms with van der Waals surface area (Å²) in [5.41, 5.74) is 3.24. The number of allylic oxidation sites excluding steroid dienone is 1. The summed E-state index contributed by atoms with van der Waals surface area (Å²) >= 11 is 0. The highest BCUT2D eigenvalue weighted by Crippen LogP contribution is 2.75. The first-order valence-corrected chi connectivity index (χ1v) is 21.0. The van der Waals surface area contributed by atoms with Gasteiger partial charge in [-0.2, -0.15) is 0 Å². The topological polar surface area (TPSA) is 102 Å². The molecule has 5 fully saturated rings. The Labute approximate surface area is 323 Å². The lowest BCUT2D eigenvalue weighted by molar-refractivity contribution is -0.417. The van der Waals surface area contributed by atoms with Gasteiger partial charge in [0, 0.05) is 40.5 Å². The fourth-order valence-corrected chi connectivity index (χ4v) is 15.1. The molecule has 0 radical (unpaired) electrons. The number of nitrogens with one attached hydrogen (secondary N) is 1. The van der Waals surface area contributed by atoms with Crippen molar-refractivity contribution in [3.63, 3.8) is 0 Å². The van der Waals surface area contributed by atoms with Crippen LogP contribution >= 0.6 is 0 Å². The second kappa shape index (κ2) is 11.4. The Hall–Kier alpha value is -1.78. The highest BCUT2D eigenvalue weighted by Gasteiger charge is 2.80. The number of ether oxygens (including phenoxy) is 5. The van der Waals surface area contributed by atoms with Gasteiger partial charge in [0.2, 0.25) is 0 Å². The number of hydrogen-bond donors (Lipinski definition) is 3. The molecule has 1 aromatic carbocycles. The molecule has 3 saturated heterocycles. The van der Waals surface area contributed by atoms with Gasteiger partial charge < -0.3 is 38.9 Å². The number of aromatic amines is 1. The van der Waals surface area contributed by atoms with Gasteiger partial charge in [-0.05, 0) is 141 Å². The molecule has 2 aromatic rings. The highest BCUT2D eigenvalue weighted by atomic mass is 16.7. The number of H-pyrrole nitrogens is 1. The van der Waals surface area contributed by atoms with Crippen LogP contribution in [0.5, 0.6) is 0 Å². The van der Waals surface area contributed by atoms with E-state index in [1.807, 2.05) is 13.2 Å². The minimum absolute atomic E-state index is 0.0366. The van der Waals surface area contributed by atoms with E-state index < -0.39 is 52.2 Å². The smallest absolute Gasteiger partial charge is 0.178 e. The van der Waals surface area contributed by atoms with Crippen LogP contribution in [0.3, 0.4) is 0 Å². The molecule has 1 aromatic heterocycles. The average Bonchev–Trinajstić information content (AvgIpc) is 3.64. The lowest BCUT2D eigenvalue weighted by atomic mass is 9.35. The van der Waals surface area contributed by atoms with Crippen LogP contribution in [0, 0.1) is 34.5 Å². The summed E-state index contributed by atoms with van der Waals surface area (Å²) in [6.45, 7) is 26.4. The summed E-state index contributed by atoms with van der Waals surface area (Å²) in [6.07, 6.45) is 4.65. The van der Waals surface area contributed by atoms with Crippen LogP contribution in [0.25, 0.3) is 10.9 Å². The van der Waals surface area contributed by atoms with Crippen LogP contribution in [-0.2, 0) is 41.9 Å². The number of hydrogen-bond acceptors (Lipinski definition) is 7. The van der Waals surface area contributed by atoms with Gasteiger partial charge in [-0.3, -0.25) is 0 Å². The first kappa shape index (κ1) is 37.8. The van der Waals surface area contributed by atoms with Crippen molar-refractivity contribution in [2.75, 3.05) is 7.11 Å². The van der Waals surface area contributed by atoms with Crippen molar-refractivity contribution in [2.24, 2.45) is 34.5 Å². The van der Waals surface area contributed by atoms with Gasteiger partial charge in [-0.1, -0.05) is 39.3 Å². The van der Waals surface area contributed by atoms with Gasteiger partial charge in [0.15, 0.2) is 6.29 Å². The quantitative estimate of drug-likeness (QED) is 0.272. The molecule has 9 rings (SSSR count). The third kappa shape index (κ3) is 4.35. The van der Waals surface area contributed by atoms with Crippen molar-refractivity contribution in [2.45, 2.75) is 186 Å². The van der Waals surface area contributed by atoms with Crippen molar-refractivity contribution in [3.05, 3.63) is 46.2 Å². The minimum atomic E-state index is -1.12. The van der Waals surface area contributed by atoms with Crippen molar-refractivity contribution >= 4 is 10.9 Å². The summed E-state index contributed by atoms with van der Waals surface area (Å²) in [7, 11) is 1.81. The largest absolute Gasteiger partial charge is 0.388 e. The summed E-state index contributed by atoms with van der Waals surface area (Å²) in [6, 6.07) is 4.37. The normalized spacial score (nSPS) is 46.5. The lowest BCUT2D eigenvalue weighted by Crippen LogP contribution is -2.83. The van der Waals surface area contributed by atoms with E-state index in [2.05, 4.69) is 100 Å². The van der Waals surface area contributed by atoms with Gasteiger partial charge in [0.1, 0.15) is 12.2 Å². The van der Waals surface area contributed by atoms with Crippen molar-refractivity contribution in [1.29, 1.82) is 0 Å². The number of methoxy groups -OCH3 is 1. The molecule has 13 atom stereocenters. The van der Waals surface area contributed by atoms with E-state index in [0.29, 0.717) is 12.3 Å². The molecule has 0 bridgehead atoms. The van der Waals surface area contributed by atoms with Gasteiger partial charge in [-0.25, -0.2) is 0 Å². The third-order valence-corrected chi connectivity index (χ3v) is 17.3. The van der Waals surface area contributed by atoms with Crippen molar-refractivity contribution in [3.8, 4) is 0 Å². The Bertz CT molecular complexity index is 1900. The standard InChI is InChI=1S/C46H67NO7/c1-23(2)20-32-52-36-38(42(9,10)53-32)51-31-17-18-43(11)44(12)25(16-19-45(43,49)46(31,24(3)4)39(36)50-13)21-28-33-27-22-29-34(41(7,8)54-40(29,5)6)35(48)26(27)14-15-30(33)47-37(28)44/h14-15,20,24-25,29,31-32,34-36,38-39,47-49H,16-19,21-22H2,1-13H3/t25?,29?,31?,32-,34?,35-,36+,38-,39+,43+,44+,45-,46+/m0/s1. The zero-order chi connectivity index (χ0) is 38.9. The molecule has 3 aliphatic heterocycles. The van der Waals surface area contributed by atoms with Crippen molar-refractivity contribution < 1.29 is 33.9 Å². The van der Waals surface area contributed by atoms with Gasteiger partial charge >= 0.3 is 0 Å². The Morgan fingerprint density at radius 1 is 0.926 bits per heavy atom. The fraction of sp³-hybridized carbons (Fsp3) is 0.783. The number of aliphatic hydroxyl groups excluding tert-OH is 1. The Morgan fingerprint density at radius 3 is 2.31 bits per heavy atom. The molecule has 54 heavy (non-hydrogen) atoms. The number of aromatic nitrogens is 1. The zero-order valence-electron chi connectivity index (χ0n) is 35.2. The van der Waals surface area contributed by atoms with Gasteiger partial charge in [-0.15, -0.1) is 0 Å². The Morgan fingerprint density at radius 2 is 1.65 bits per heavy atom. The molecule has 4 unspecified atom stereocenters. The molecule has 2 saturated carbocycles. The molecule has 298 valence electrons. The minimum Gasteiger partial charge on any atom is -0.388 e. The maximum Gasteiger partial charge on any atom is 0.178 e. The van der Waals surface area contributed by atoms with Crippen LogP contribution in [-0.4, -0.2) is 75.4 Å². The van der Waals surface area contributed by atoms with Crippen LogP contribution in [0.15, 0.2) is 23.8 Å². The highest BCUT2D eigenvalue weighted by molar-refractivity contribution is 5.91. The van der Waals surface area contributed by atoms with E-state index in [9.17, 15) is 10.2 Å². The maximum atomic E-state index is 14.1. The molecule has 7 aliphatic rings. The summed E-state index contributed by atoms with van der Waals surface area (Å²) in [5.74, 6) is 0.662. The van der Waals surface area contributed by atoms with E-state index in [0.717, 1.165) is 48.8 Å². The van der Waals surface area contributed by atoms with E-state index in [4.69, 9.17) is 23.7 Å².